The first-order valence-corrected chi connectivity index (χ1v) is 11.2. The van der Waals surface area contributed by atoms with E-state index in [9.17, 15) is 9.59 Å². The molecule has 11 nitrogen and oxygen atoms in total. The molecule has 5 rings (SSSR count). The average Bonchev–Trinajstić information content (AvgIpc) is 3.23. The number of amides is 2. The summed E-state index contributed by atoms with van der Waals surface area (Å²) in [6.45, 7) is 1.67. The predicted molar refractivity (Wildman–Crippen MR) is 130 cm³/mol. The molecule has 36 heavy (non-hydrogen) atoms. The van der Waals surface area contributed by atoms with Crippen LogP contribution in [0, 0.1) is 6.92 Å². The zero-order valence-corrected chi connectivity index (χ0v) is 19.6. The second kappa shape index (κ2) is 9.45. The Balaban J connectivity index is 1.51. The molecule has 1 aliphatic rings. The molecule has 0 spiro atoms. The fourth-order valence-electron chi connectivity index (χ4n) is 4.23. The topological polar surface area (TPSA) is 147 Å². The summed E-state index contributed by atoms with van der Waals surface area (Å²) in [4.78, 5) is 28.3. The number of hydrogen-bond acceptors (Lipinski definition) is 8. The Hall–Kier alpha value is -4.80. The highest BCUT2D eigenvalue weighted by atomic mass is 16.5. The lowest BCUT2D eigenvalue weighted by atomic mass is 9.86. The molecule has 0 fully saturated rings. The number of benzene rings is 2. The second-order valence-electron chi connectivity index (χ2n) is 8.26. The molecule has 4 aromatic rings. The van der Waals surface area contributed by atoms with Crippen molar-refractivity contribution >= 4 is 17.6 Å². The van der Waals surface area contributed by atoms with Gasteiger partial charge in [-0.15, -0.1) is 5.10 Å². The van der Waals surface area contributed by atoms with Crippen molar-refractivity contribution < 1.29 is 19.1 Å². The van der Waals surface area contributed by atoms with Gasteiger partial charge in [0.15, 0.2) is 6.61 Å². The number of nitrogens with one attached hydrogen (secondary N) is 1. The summed E-state index contributed by atoms with van der Waals surface area (Å²) in [5, 5.41) is 15.9. The Morgan fingerprint density at radius 3 is 2.75 bits per heavy atom. The first-order valence-electron chi connectivity index (χ1n) is 11.2. The number of nitrogens with two attached hydrogens (primary N) is 1. The lowest BCUT2D eigenvalue weighted by molar-refractivity contribution is -0.120. The van der Waals surface area contributed by atoms with E-state index in [4.69, 9.17) is 15.2 Å². The number of rotatable bonds is 7. The maximum Gasteiger partial charge on any atom is 0.272 e. The van der Waals surface area contributed by atoms with Gasteiger partial charge in [-0.25, -0.2) is 4.98 Å². The normalized spacial score (nSPS) is 14.6. The third kappa shape index (κ3) is 4.45. The number of hydrogen-bond donors (Lipinski definition) is 2. The van der Waals surface area contributed by atoms with Gasteiger partial charge in [-0.05, 0) is 36.8 Å². The second-order valence-corrected chi connectivity index (χ2v) is 8.26. The van der Waals surface area contributed by atoms with Crippen molar-refractivity contribution in [2.75, 3.05) is 19.0 Å². The summed E-state index contributed by atoms with van der Waals surface area (Å²) >= 11 is 0. The summed E-state index contributed by atoms with van der Waals surface area (Å²) in [6, 6.07) is 14.7. The molecule has 182 valence electrons. The number of carbonyl (C=O) groups is 2. The summed E-state index contributed by atoms with van der Waals surface area (Å²) < 4.78 is 12.2. The molecule has 0 radical (unpaired) electrons. The first-order chi connectivity index (χ1) is 17.4. The van der Waals surface area contributed by atoms with Crippen LogP contribution in [-0.2, 0) is 9.59 Å². The van der Waals surface area contributed by atoms with E-state index in [2.05, 4.69) is 25.6 Å². The minimum absolute atomic E-state index is 0.153. The van der Waals surface area contributed by atoms with Gasteiger partial charge in [-0.3, -0.25) is 9.59 Å². The van der Waals surface area contributed by atoms with Crippen LogP contribution in [0.1, 0.15) is 29.2 Å². The van der Waals surface area contributed by atoms with Gasteiger partial charge in [0, 0.05) is 23.5 Å². The molecule has 2 aromatic carbocycles. The van der Waals surface area contributed by atoms with Gasteiger partial charge in [0.05, 0.1) is 24.7 Å². The molecule has 3 N–H and O–H groups in total. The van der Waals surface area contributed by atoms with Crippen LogP contribution in [0.25, 0.3) is 17.2 Å². The zero-order chi connectivity index (χ0) is 25.2. The Bertz CT molecular complexity index is 1450. The van der Waals surface area contributed by atoms with Gasteiger partial charge in [-0.2, -0.15) is 14.9 Å². The van der Waals surface area contributed by atoms with E-state index in [0.717, 1.165) is 22.4 Å². The molecule has 0 saturated carbocycles. The standard InChI is InChI=1S/C25H23N7O4/c1-14-23-19(15-6-8-17(9-7-15)36-13-21(26)33)11-22(34)29-24(23)32(31-14)25-28-20(12-27-30-25)16-4-3-5-18(10-16)35-2/h3-10,12,19H,11,13H2,1-2H3,(H2,26,33)(H,29,34). The van der Waals surface area contributed by atoms with Crippen molar-refractivity contribution in [1.82, 2.24) is 25.0 Å². The zero-order valence-electron chi connectivity index (χ0n) is 19.6. The Morgan fingerprint density at radius 2 is 2.00 bits per heavy atom. The molecular weight excluding hydrogens is 462 g/mol. The maximum absolute atomic E-state index is 12.7. The molecule has 1 unspecified atom stereocenters. The van der Waals surface area contributed by atoms with Crippen LogP contribution < -0.4 is 20.5 Å². The Kier molecular flexibility index (Phi) is 6.03. The van der Waals surface area contributed by atoms with Crippen LogP contribution in [0.4, 0.5) is 5.82 Å². The molecule has 0 aliphatic carbocycles. The highest BCUT2D eigenvalue weighted by Crippen LogP contribution is 2.40. The van der Waals surface area contributed by atoms with Crippen LogP contribution in [0.15, 0.2) is 54.7 Å². The van der Waals surface area contributed by atoms with Crippen LogP contribution in [0.2, 0.25) is 0 Å². The Morgan fingerprint density at radius 1 is 1.19 bits per heavy atom. The molecule has 2 amide bonds. The van der Waals surface area contributed by atoms with E-state index in [0.29, 0.717) is 23.0 Å². The molecule has 1 aliphatic heterocycles. The Labute approximate surface area is 206 Å². The van der Waals surface area contributed by atoms with E-state index in [1.807, 2.05) is 43.3 Å². The van der Waals surface area contributed by atoms with Crippen molar-refractivity contribution in [3.05, 3.63) is 71.5 Å². The molecule has 0 saturated heterocycles. The summed E-state index contributed by atoms with van der Waals surface area (Å²) in [5.74, 6) is 1.01. The minimum Gasteiger partial charge on any atom is -0.497 e. The molecule has 0 bridgehead atoms. The number of nitrogens with zero attached hydrogens (tertiary/aromatic N) is 5. The fraction of sp³-hybridized carbons (Fsp3) is 0.200. The number of primary amides is 1. The fourth-order valence-corrected chi connectivity index (χ4v) is 4.23. The number of fused-ring (bicyclic) bond motifs is 1. The number of methoxy groups -OCH3 is 1. The SMILES string of the molecule is COc1cccc(-c2cnnc(-n3nc(C)c4c3NC(=O)CC4c3ccc(OCC(N)=O)cc3)n2)c1. The molecule has 1 atom stereocenters. The van der Waals surface area contributed by atoms with E-state index in [-0.39, 0.29) is 30.8 Å². The monoisotopic (exact) mass is 485 g/mol. The van der Waals surface area contributed by atoms with E-state index >= 15 is 0 Å². The lowest BCUT2D eigenvalue weighted by Crippen LogP contribution is -2.25. The largest absolute Gasteiger partial charge is 0.497 e. The van der Waals surface area contributed by atoms with Crippen molar-refractivity contribution in [3.63, 3.8) is 0 Å². The highest BCUT2D eigenvalue weighted by Gasteiger charge is 2.33. The third-order valence-electron chi connectivity index (χ3n) is 5.87. The molecule has 11 heteroatoms. The molecular formula is C25H23N7O4. The van der Waals surface area contributed by atoms with Crippen molar-refractivity contribution in [1.29, 1.82) is 0 Å². The number of carbonyl (C=O) groups excluding carboxylic acids is 2. The van der Waals surface area contributed by atoms with Crippen molar-refractivity contribution in [3.8, 4) is 28.7 Å². The number of anilines is 1. The van der Waals surface area contributed by atoms with Gasteiger partial charge in [0.1, 0.15) is 17.3 Å². The van der Waals surface area contributed by atoms with Crippen LogP contribution in [0.3, 0.4) is 0 Å². The quantitative estimate of drug-likeness (QED) is 0.405. The third-order valence-corrected chi connectivity index (χ3v) is 5.87. The van der Waals surface area contributed by atoms with E-state index < -0.39 is 5.91 Å². The van der Waals surface area contributed by atoms with Crippen LogP contribution >= 0.6 is 0 Å². The summed E-state index contributed by atoms with van der Waals surface area (Å²) in [7, 11) is 1.60. The van der Waals surface area contributed by atoms with Gasteiger partial charge in [0.25, 0.3) is 11.9 Å². The van der Waals surface area contributed by atoms with Crippen molar-refractivity contribution in [2.45, 2.75) is 19.3 Å². The average molecular weight is 486 g/mol. The molecule has 2 aromatic heterocycles. The van der Waals surface area contributed by atoms with E-state index in [1.165, 1.54) is 4.68 Å². The van der Waals surface area contributed by atoms with Gasteiger partial charge >= 0.3 is 0 Å². The number of aryl methyl sites for hydroxylation is 1. The molecule has 3 heterocycles. The smallest absolute Gasteiger partial charge is 0.272 e. The number of aromatic nitrogens is 5. The van der Waals surface area contributed by atoms with E-state index in [1.54, 1.807) is 25.4 Å². The minimum atomic E-state index is -0.553. The van der Waals surface area contributed by atoms with Gasteiger partial charge in [0.2, 0.25) is 5.91 Å². The number of ether oxygens (including phenoxy) is 2. The highest BCUT2D eigenvalue weighted by molar-refractivity contribution is 5.95. The van der Waals surface area contributed by atoms with Crippen LogP contribution in [0.5, 0.6) is 11.5 Å². The maximum atomic E-state index is 12.7. The summed E-state index contributed by atoms with van der Waals surface area (Å²) in [5.41, 5.74) is 9.05. The predicted octanol–water partition coefficient (Wildman–Crippen LogP) is 2.38. The summed E-state index contributed by atoms with van der Waals surface area (Å²) in [6.07, 6.45) is 1.81. The first kappa shape index (κ1) is 23.0. The van der Waals surface area contributed by atoms with Crippen LogP contribution in [-0.4, -0.2) is 50.5 Å². The van der Waals surface area contributed by atoms with Gasteiger partial charge in [-0.1, -0.05) is 24.3 Å². The van der Waals surface area contributed by atoms with Crippen molar-refractivity contribution in [2.24, 2.45) is 5.73 Å². The lowest BCUT2D eigenvalue weighted by Gasteiger charge is -2.24. The van der Waals surface area contributed by atoms with Gasteiger partial charge < -0.3 is 20.5 Å².